The highest BCUT2D eigenvalue weighted by atomic mass is 16.1. The third kappa shape index (κ3) is 3.56. The molecule has 0 bridgehead atoms. The second-order valence-electron chi connectivity index (χ2n) is 5.29. The van der Waals surface area contributed by atoms with Gasteiger partial charge in [-0.15, -0.1) is 0 Å². The molecule has 0 aliphatic carbocycles. The Hall–Kier alpha value is -1.36. The zero-order valence-electron chi connectivity index (χ0n) is 11.7. The van der Waals surface area contributed by atoms with Crippen LogP contribution in [0.4, 0.5) is 0 Å². The molecule has 5 heteroatoms. The first-order valence-electron chi connectivity index (χ1n) is 7.31. The Morgan fingerprint density at radius 3 is 2.84 bits per heavy atom. The minimum absolute atomic E-state index is 0.402. The van der Waals surface area contributed by atoms with Crippen molar-refractivity contribution in [3.63, 3.8) is 0 Å². The fraction of sp³-hybridized carbons (Fsp3) is 0.714. The van der Waals surface area contributed by atoms with E-state index >= 15 is 0 Å². The van der Waals surface area contributed by atoms with Crippen LogP contribution >= 0.6 is 0 Å². The van der Waals surface area contributed by atoms with Crippen LogP contribution in [0, 0.1) is 0 Å². The number of nitrogens with two attached hydrogens (primary N) is 1. The van der Waals surface area contributed by atoms with Crippen LogP contribution < -0.4 is 11.1 Å². The number of hydrogen-bond acceptors (Lipinski definition) is 3. The molecule has 5 nitrogen and oxygen atoms in total. The summed E-state index contributed by atoms with van der Waals surface area (Å²) in [5.41, 5.74) is 6.92. The molecule has 0 aromatic carbocycles. The number of nitrogens with zero attached hydrogens (tertiary/aromatic N) is 2. The summed E-state index contributed by atoms with van der Waals surface area (Å²) >= 11 is 0. The number of unbranched alkanes of at least 4 members (excludes halogenated alkanes) is 2. The van der Waals surface area contributed by atoms with Crippen molar-refractivity contribution in [2.45, 2.75) is 51.5 Å². The Balaban J connectivity index is 2.11. The summed E-state index contributed by atoms with van der Waals surface area (Å²) in [4.78, 5) is 11.5. The molecule has 1 fully saturated rings. The van der Waals surface area contributed by atoms with Gasteiger partial charge >= 0.3 is 0 Å². The Morgan fingerprint density at radius 1 is 1.47 bits per heavy atom. The maximum Gasteiger partial charge on any atom is 0.269 e. The van der Waals surface area contributed by atoms with Crippen molar-refractivity contribution in [1.82, 2.24) is 15.1 Å². The number of piperidine rings is 1. The highest BCUT2D eigenvalue weighted by Crippen LogP contribution is 2.20. The molecule has 2 rings (SSSR count). The van der Waals surface area contributed by atoms with Crippen LogP contribution in [0.3, 0.4) is 0 Å². The van der Waals surface area contributed by atoms with Crippen LogP contribution in [-0.4, -0.2) is 28.8 Å². The zero-order chi connectivity index (χ0) is 13.7. The number of primary amides is 1. The lowest BCUT2D eigenvalue weighted by atomic mass is 10.1. The molecule has 1 aromatic heterocycles. The predicted octanol–water partition coefficient (Wildman–Crippen LogP) is 1.64. The Kier molecular flexibility index (Phi) is 4.96. The lowest BCUT2D eigenvalue weighted by Gasteiger charge is -2.22. The summed E-state index contributed by atoms with van der Waals surface area (Å²) < 4.78 is 1.96. The van der Waals surface area contributed by atoms with Gasteiger partial charge in [-0.05, 0) is 38.8 Å². The van der Waals surface area contributed by atoms with E-state index in [9.17, 15) is 4.79 Å². The molecule has 1 aliphatic heterocycles. The normalized spacial score (nSPS) is 16.7. The molecule has 3 N–H and O–H groups in total. The molecule has 0 radical (unpaired) electrons. The van der Waals surface area contributed by atoms with Gasteiger partial charge < -0.3 is 11.1 Å². The van der Waals surface area contributed by atoms with Crippen LogP contribution in [0.15, 0.2) is 6.20 Å². The standard InChI is InChI=1S/C14H24N4O/c1-2-3-4-5-11-10-18(17-13(11)14(15)19)12-6-8-16-9-7-12/h10,12,16H,2-9H2,1H3,(H2,15,19). The highest BCUT2D eigenvalue weighted by molar-refractivity contribution is 5.92. The molecule has 1 aliphatic rings. The first-order chi connectivity index (χ1) is 9.22. The van der Waals surface area contributed by atoms with Gasteiger partial charge in [0.1, 0.15) is 0 Å². The SMILES string of the molecule is CCCCCc1cn(C2CCNCC2)nc1C(N)=O. The molecule has 1 saturated heterocycles. The largest absolute Gasteiger partial charge is 0.364 e. The Bertz CT molecular complexity index is 421. The number of nitrogens with one attached hydrogen (secondary N) is 1. The average Bonchev–Trinajstić information content (AvgIpc) is 2.84. The summed E-state index contributed by atoms with van der Waals surface area (Å²) in [7, 11) is 0. The lowest BCUT2D eigenvalue weighted by molar-refractivity contribution is 0.0993. The molecule has 0 atom stereocenters. The van der Waals surface area contributed by atoms with Crippen molar-refractivity contribution in [3.8, 4) is 0 Å². The van der Waals surface area contributed by atoms with Crippen molar-refractivity contribution in [2.75, 3.05) is 13.1 Å². The van der Waals surface area contributed by atoms with Gasteiger partial charge in [-0.3, -0.25) is 9.48 Å². The smallest absolute Gasteiger partial charge is 0.269 e. The molecule has 1 amide bonds. The fourth-order valence-electron chi connectivity index (χ4n) is 2.64. The van der Waals surface area contributed by atoms with Crippen LogP contribution in [0.2, 0.25) is 0 Å². The van der Waals surface area contributed by atoms with E-state index in [2.05, 4.69) is 17.3 Å². The van der Waals surface area contributed by atoms with Crippen LogP contribution in [0.5, 0.6) is 0 Å². The van der Waals surface area contributed by atoms with E-state index in [0.717, 1.165) is 44.3 Å². The summed E-state index contributed by atoms with van der Waals surface area (Å²) in [6.45, 7) is 4.21. The number of carbonyl (C=O) groups excluding carboxylic acids is 1. The van der Waals surface area contributed by atoms with Crippen molar-refractivity contribution in [3.05, 3.63) is 17.5 Å². The van der Waals surface area contributed by atoms with E-state index in [-0.39, 0.29) is 0 Å². The zero-order valence-corrected chi connectivity index (χ0v) is 11.7. The number of carbonyl (C=O) groups is 1. The summed E-state index contributed by atoms with van der Waals surface area (Å²) in [5, 5.41) is 7.76. The van der Waals surface area contributed by atoms with E-state index in [4.69, 9.17) is 5.73 Å². The van der Waals surface area contributed by atoms with Crippen LogP contribution in [0.25, 0.3) is 0 Å². The van der Waals surface area contributed by atoms with E-state index in [1.807, 2.05) is 10.9 Å². The van der Waals surface area contributed by atoms with Crippen LogP contribution in [-0.2, 0) is 6.42 Å². The molecule has 0 spiro atoms. The Morgan fingerprint density at radius 2 is 2.21 bits per heavy atom. The summed E-state index contributed by atoms with van der Waals surface area (Å²) in [6.07, 6.45) is 8.51. The molecular formula is C14H24N4O. The van der Waals surface area contributed by atoms with Gasteiger partial charge in [-0.2, -0.15) is 5.10 Å². The Labute approximate surface area is 114 Å². The summed E-state index contributed by atoms with van der Waals surface area (Å²) in [5.74, 6) is -0.404. The third-order valence-corrected chi connectivity index (χ3v) is 3.77. The molecule has 1 aromatic rings. The second kappa shape index (κ2) is 6.70. The maximum absolute atomic E-state index is 11.5. The van der Waals surface area contributed by atoms with Gasteiger partial charge in [0.15, 0.2) is 5.69 Å². The van der Waals surface area contributed by atoms with E-state index in [1.165, 1.54) is 12.8 Å². The number of rotatable bonds is 6. The molecule has 0 unspecified atom stereocenters. The molecule has 106 valence electrons. The number of hydrogen-bond donors (Lipinski definition) is 2. The predicted molar refractivity (Wildman–Crippen MR) is 75.1 cm³/mol. The van der Waals surface area contributed by atoms with Gasteiger partial charge in [-0.25, -0.2) is 0 Å². The monoisotopic (exact) mass is 264 g/mol. The molecule has 0 saturated carbocycles. The maximum atomic E-state index is 11.5. The number of amides is 1. The van der Waals surface area contributed by atoms with Crippen molar-refractivity contribution in [2.24, 2.45) is 5.73 Å². The van der Waals surface area contributed by atoms with Crippen molar-refractivity contribution < 1.29 is 4.79 Å². The average molecular weight is 264 g/mol. The van der Waals surface area contributed by atoms with Crippen molar-refractivity contribution in [1.29, 1.82) is 0 Å². The van der Waals surface area contributed by atoms with E-state index in [0.29, 0.717) is 11.7 Å². The second-order valence-corrected chi connectivity index (χ2v) is 5.29. The van der Waals surface area contributed by atoms with Crippen molar-refractivity contribution >= 4 is 5.91 Å². The highest BCUT2D eigenvalue weighted by Gasteiger charge is 2.20. The van der Waals surface area contributed by atoms with Gasteiger partial charge in [0, 0.05) is 11.8 Å². The topological polar surface area (TPSA) is 72.9 Å². The van der Waals surface area contributed by atoms with Crippen LogP contribution in [0.1, 0.15) is 61.1 Å². The first kappa shape index (κ1) is 14.1. The van der Waals surface area contributed by atoms with Gasteiger partial charge in [0.25, 0.3) is 5.91 Å². The number of aromatic nitrogens is 2. The van der Waals surface area contributed by atoms with E-state index in [1.54, 1.807) is 0 Å². The molecule has 19 heavy (non-hydrogen) atoms. The number of aryl methyl sites for hydroxylation is 1. The van der Waals surface area contributed by atoms with E-state index < -0.39 is 5.91 Å². The van der Waals surface area contributed by atoms with Gasteiger partial charge in [0.05, 0.1) is 6.04 Å². The quantitative estimate of drug-likeness (QED) is 0.767. The minimum Gasteiger partial charge on any atom is -0.364 e. The first-order valence-corrected chi connectivity index (χ1v) is 7.31. The molecule has 2 heterocycles. The lowest BCUT2D eigenvalue weighted by Crippen LogP contribution is -2.29. The molecular weight excluding hydrogens is 240 g/mol. The van der Waals surface area contributed by atoms with Gasteiger partial charge in [-0.1, -0.05) is 19.8 Å². The fourth-order valence-corrected chi connectivity index (χ4v) is 2.64. The minimum atomic E-state index is -0.404. The van der Waals surface area contributed by atoms with Gasteiger partial charge in [0.2, 0.25) is 0 Å². The summed E-state index contributed by atoms with van der Waals surface area (Å²) in [6, 6.07) is 0.402. The third-order valence-electron chi connectivity index (χ3n) is 3.77.